The maximum atomic E-state index is 13.3. The fourth-order valence-electron chi connectivity index (χ4n) is 2.85. The van der Waals surface area contributed by atoms with Crippen molar-refractivity contribution in [2.45, 2.75) is 18.9 Å². The predicted molar refractivity (Wildman–Crippen MR) is 104 cm³/mol. The van der Waals surface area contributed by atoms with E-state index in [2.05, 4.69) is 16.0 Å². The average Bonchev–Trinajstić information content (AvgIpc) is 3.17. The van der Waals surface area contributed by atoms with E-state index >= 15 is 0 Å². The van der Waals surface area contributed by atoms with Crippen LogP contribution in [0.15, 0.2) is 42.5 Å². The van der Waals surface area contributed by atoms with Crippen LogP contribution in [0.4, 0.5) is 15.8 Å². The van der Waals surface area contributed by atoms with Gasteiger partial charge in [0.2, 0.25) is 5.91 Å². The van der Waals surface area contributed by atoms with Crippen LogP contribution >= 0.6 is 12.4 Å². The largest absolute Gasteiger partial charge is 0.495 e. The van der Waals surface area contributed by atoms with Crippen molar-refractivity contribution in [3.63, 3.8) is 0 Å². The maximum absolute atomic E-state index is 13.3. The minimum atomic E-state index is -0.491. The van der Waals surface area contributed by atoms with E-state index in [9.17, 15) is 14.0 Å². The third kappa shape index (κ3) is 5.18. The van der Waals surface area contributed by atoms with Crippen molar-refractivity contribution in [2.24, 2.45) is 0 Å². The third-order valence-corrected chi connectivity index (χ3v) is 4.18. The van der Waals surface area contributed by atoms with Gasteiger partial charge in [-0.05, 0) is 55.8 Å². The van der Waals surface area contributed by atoms with Crippen LogP contribution in [0.2, 0.25) is 0 Å². The van der Waals surface area contributed by atoms with Crippen molar-refractivity contribution >= 4 is 35.6 Å². The Labute approximate surface area is 162 Å². The molecule has 1 heterocycles. The molecule has 2 aromatic carbocycles. The van der Waals surface area contributed by atoms with E-state index < -0.39 is 11.7 Å². The van der Waals surface area contributed by atoms with Crippen molar-refractivity contribution < 1.29 is 18.7 Å². The molecule has 0 aromatic heterocycles. The number of nitrogens with one attached hydrogen (secondary N) is 3. The quantitative estimate of drug-likeness (QED) is 0.728. The van der Waals surface area contributed by atoms with Gasteiger partial charge in [-0.25, -0.2) is 4.39 Å². The summed E-state index contributed by atoms with van der Waals surface area (Å²) in [6, 6.07) is 10.2. The molecule has 1 aliphatic rings. The number of hydrogen-bond acceptors (Lipinski definition) is 4. The lowest BCUT2D eigenvalue weighted by Gasteiger charge is -2.15. The van der Waals surface area contributed by atoms with Gasteiger partial charge < -0.3 is 20.7 Å². The third-order valence-electron chi connectivity index (χ3n) is 4.18. The molecule has 1 atom stereocenters. The van der Waals surface area contributed by atoms with Gasteiger partial charge in [0.1, 0.15) is 11.6 Å². The normalized spacial score (nSPS) is 15.6. The first-order valence-electron chi connectivity index (χ1n) is 8.36. The van der Waals surface area contributed by atoms with E-state index in [0.717, 1.165) is 25.5 Å². The maximum Gasteiger partial charge on any atom is 0.255 e. The number of ether oxygens (including phenoxy) is 1. The lowest BCUT2D eigenvalue weighted by molar-refractivity contribution is -0.117. The predicted octanol–water partition coefficient (Wildman–Crippen LogP) is 3.20. The monoisotopic (exact) mass is 393 g/mol. The lowest BCUT2D eigenvalue weighted by Crippen LogP contribution is -2.35. The van der Waals surface area contributed by atoms with Crippen LogP contribution in [0.5, 0.6) is 5.75 Å². The number of hydrogen-bond donors (Lipinski definition) is 3. The summed E-state index contributed by atoms with van der Waals surface area (Å²) >= 11 is 0. The summed E-state index contributed by atoms with van der Waals surface area (Å²) in [5.41, 5.74) is 1.12. The Balaban J connectivity index is 0.00000261. The second-order valence-corrected chi connectivity index (χ2v) is 6.02. The van der Waals surface area contributed by atoms with Crippen LogP contribution in [-0.2, 0) is 4.79 Å². The summed E-state index contributed by atoms with van der Waals surface area (Å²) in [4.78, 5) is 24.6. The zero-order valence-electron chi connectivity index (χ0n) is 14.8. The van der Waals surface area contributed by atoms with E-state index in [1.807, 2.05) is 0 Å². The number of methoxy groups -OCH3 is 1. The highest BCUT2D eigenvalue weighted by Gasteiger charge is 2.22. The van der Waals surface area contributed by atoms with Crippen LogP contribution in [0.1, 0.15) is 23.2 Å². The summed E-state index contributed by atoms with van der Waals surface area (Å²) in [6.45, 7) is 0.829. The van der Waals surface area contributed by atoms with Crippen LogP contribution in [0, 0.1) is 5.82 Å². The number of carbonyl (C=O) groups excluding carboxylic acids is 2. The Morgan fingerprint density at radius 2 is 2.00 bits per heavy atom. The molecule has 27 heavy (non-hydrogen) atoms. The lowest BCUT2D eigenvalue weighted by atomic mass is 10.2. The molecule has 1 aliphatic heterocycles. The fourth-order valence-corrected chi connectivity index (χ4v) is 2.85. The van der Waals surface area contributed by atoms with Crippen molar-refractivity contribution in [1.82, 2.24) is 5.32 Å². The summed E-state index contributed by atoms with van der Waals surface area (Å²) in [7, 11) is 1.48. The second-order valence-electron chi connectivity index (χ2n) is 6.02. The van der Waals surface area contributed by atoms with Crippen LogP contribution < -0.4 is 20.7 Å². The van der Waals surface area contributed by atoms with Gasteiger partial charge in [-0.1, -0.05) is 6.07 Å². The minimum absolute atomic E-state index is 0. The Morgan fingerprint density at radius 3 is 2.67 bits per heavy atom. The van der Waals surface area contributed by atoms with Gasteiger partial charge in [-0.2, -0.15) is 0 Å². The number of halogens is 2. The molecule has 0 radical (unpaired) electrons. The Kier molecular flexibility index (Phi) is 7.15. The number of carbonyl (C=O) groups is 2. The van der Waals surface area contributed by atoms with E-state index in [1.54, 1.807) is 18.2 Å². The first-order valence-corrected chi connectivity index (χ1v) is 8.36. The molecular formula is C19H21ClFN3O3. The zero-order valence-corrected chi connectivity index (χ0v) is 15.6. The number of benzene rings is 2. The summed E-state index contributed by atoms with van der Waals surface area (Å²) < 4.78 is 18.6. The molecule has 3 rings (SSSR count). The van der Waals surface area contributed by atoms with E-state index in [-0.39, 0.29) is 29.9 Å². The average molecular weight is 394 g/mol. The number of anilines is 2. The molecule has 0 spiro atoms. The van der Waals surface area contributed by atoms with Crippen LogP contribution in [-0.4, -0.2) is 31.5 Å². The molecule has 0 saturated carbocycles. The molecule has 0 aliphatic carbocycles. The number of amides is 2. The van der Waals surface area contributed by atoms with Gasteiger partial charge in [-0.15, -0.1) is 12.4 Å². The molecule has 144 valence electrons. The zero-order chi connectivity index (χ0) is 18.5. The van der Waals surface area contributed by atoms with Crippen molar-refractivity contribution in [3.05, 3.63) is 53.8 Å². The number of rotatable bonds is 5. The van der Waals surface area contributed by atoms with Crippen LogP contribution in [0.25, 0.3) is 0 Å². The molecule has 2 aromatic rings. The standard InChI is InChI=1S/C19H20FN3O3.ClH/c1-26-17-8-7-14(22-19(25)15-6-3-9-21-15)11-16(17)23-18(24)12-4-2-5-13(20)10-12;/h2,4-5,7-8,10-11,15,21H,3,6,9H2,1H3,(H,22,25)(H,23,24);1H. The first-order chi connectivity index (χ1) is 12.6. The molecular weight excluding hydrogens is 373 g/mol. The van der Waals surface area contributed by atoms with Crippen molar-refractivity contribution in [3.8, 4) is 5.75 Å². The van der Waals surface area contributed by atoms with Gasteiger partial charge in [-0.3, -0.25) is 9.59 Å². The molecule has 3 N–H and O–H groups in total. The molecule has 1 unspecified atom stereocenters. The molecule has 2 amide bonds. The topological polar surface area (TPSA) is 79.5 Å². The smallest absolute Gasteiger partial charge is 0.255 e. The minimum Gasteiger partial charge on any atom is -0.495 e. The highest BCUT2D eigenvalue weighted by molar-refractivity contribution is 6.05. The van der Waals surface area contributed by atoms with Crippen molar-refractivity contribution in [2.75, 3.05) is 24.3 Å². The highest BCUT2D eigenvalue weighted by Crippen LogP contribution is 2.28. The van der Waals surface area contributed by atoms with E-state index in [1.165, 1.54) is 25.3 Å². The molecule has 1 fully saturated rings. The molecule has 6 nitrogen and oxygen atoms in total. The summed E-state index contributed by atoms with van der Waals surface area (Å²) in [6.07, 6.45) is 1.76. The van der Waals surface area contributed by atoms with Gasteiger partial charge in [0.15, 0.2) is 0 Å². The second kappa shape index (κ2) is 9.34. The van der Waals surface area contributed by atoms with Gasteiger partial charge in [0.05, 0.1) is 18.8 Å². The Bertz CT molecular complexity index is 826. The summed E-state index contributed by atoms with van der Waals surface area (Å²) in [5.74, 6) is -0.639. The Hall–Kier alpha value is -2.64. The SMILES string of the molecule is COc1ccc(NC(=O)C2CCCN2)cc1NC(=O)c1cccc(F)c1.Cl. The highest BCUT2D eigenvalue weighted by atomic mass is 35.5. The van der Waals surface area contributed by atoms with Gasteiger partial charge >= 0.3 is 0 Å². The first kappa shape index (κ1) is 20.7. The van der Waals surface area contributed by atoms with E-state index in [4.69, 9.17) is 4.74 Å². The molecule has 8 heteroatoms. The molecule has 0 bridgehead atoms. The van der Waals surface area contributed by atoms with Crippen molar-refractivity contribution in [1.29, 1.82) is 0 Å². The van der Waals surface area contributed by atoms with E-state index in [0.29, 0.717) is 17.1 Å². The Morgan fingerprint density at radius 1 is 1.19 bits per heavy atom. The molecule has 1 saturated heterocycles. The van der Waals surface area contributed by atoms with Gasteiger partial charge in [0, 0.05) is 11.3 Å². The van der Waals surface area contributed by atoms with Gasteiger partial charge in [0.25, 0.3) is 5.91 Å². The fraction of sp³-hybridized carbons (Fsp3) is 0.263. The summed E-state index contributed by atoms with van der Waals surface area (Å²) in [5, 5.41) is 8.65. The van der Waals surface area contributed by atoms with Crippen LogP contribution in [0.3, 0.4) is 0 Å².